The van der Waals surface area contributed by atoms with E-state index >= 15 is 0 Å². The topological polar surface area (TPSA) is 296 Å². The predicted molar refractivity (Wildman–Crippen MR) is 205 cm³/mol. The summed E-state index contributed by atoms with van der Waals surface area (Å²) < 4.78 is 63.9. The Labute approximate surface area is 367 Å². The van der Waals surface area contributed by atoms with Crippen LogP contribution in [0.2, 0.25) is 0 Å². The van der Waals surface area contributed by atoms with Crippen molar-refractivity contribution in [2.45, 2.75) is 69.7 Å². The van der Waals surface area contributed by atoms with Crippen molar-refractivity contribution >= 4 is 58.8 Å². The summed E-state index contributed by atoms with van der Waals surface area (Å²) in [7, 11) is -0.870. The number of halogens is 2. The summed E-state index contributed by atoms with van der Waals surface area (Å²) in [6.07, 6.45) is -1.05. The molecular formula is C35H39B2F2N10NaO11. The quantitative estimate of drug-likeness (QED) is 0.0820. The molecule has 61 heavy (non-hydrogen) atoms. The van der Waals surface area contributed by atoms with Crippen LogP contribution in [0.3, 0.4) is 0 Å². The molecule has 26 heteroatoms. The SMILES string of the molecule is C.Nc1ncnc2c1ncn2[C@@H]1O[C@H](CO)[C@@H]2O[B-]3(OCc4cc(F)ccc43)OC21.Nc1ncnc2c1ncn2[C@@H]1O[C@H](CO)[C@H](O)C1O.OB1OCc2cc(F)ccc21.[Na+]. The first-order valence-corrected chi connectivity index (χ1v) is 18.2. The molecule has 0 amide bonds. The minimum absolute atomic E-state index is 0. The third-order valence-electron chi connectivity index (χ3n) is 10.7. The van der Waals surface area contributed by atoms with Crippen molar-refractivity contribution in [2.24, 2.45) is 0 Å². The maximum Gasteiger partial charge on any atom is 1.00 e. The van der Waals surface area contributed by atoms with Crippen molar-refractivity contribution in [1.82, 2.24) is 39.0 Å². The molecule has 0 bridgehead atoms. The van der Waals surface area contributed by atoms with Crippen molar-refractivity contribution in [3.05, 3.63) is 84.5 Å². The van der Waals surface area contributed by atoms with Gasteiger partial charge in [0.2, 0.25) is 0 Å². The summed E-state index contributed by atoms with van der Waals surface area (Å²) in [4.78, 5) is 24.4. The number of anilines is 2. The largest absolute Gasteiger partial charge is 1.00 e. The third-order valence-corrected chi connectivity index (χ3v) is 10.7. The summed E-state index contributed by atoms with van der Waals surface area (Å²) in [6.45, 7) is -2.45. The second-order valence-corrected chi connectivity index (χ2v) is 14.1. The fourth-order valence-corrected chi connectivity index (χ4v) is 7.81. The maximum atomic E-state index is 13.6. The van der Waals surface area contributed by atoms with Crippen molar-refractivity contribution in [2.75, 3.05) is 24.7 Å². The Balaban J connectivity index is 0.000000151. The van der Waals surface area contributed by atoms with Gasteiger partial charge in [0.05, 0.1) is 44.7 Å². The molecule has 3 saturated heterocycles. The molecule has 11 rings (SSSR count). The molecule has 1 spiro atoms. The first-order valence-electron chi connectivity index (χ1n) is 18.2. The minimum Gasteiger partial charge on any atom is -0.537 e. The van der Waals surface area contributed by atoms with Crippen molar-refractivity contribution in [3.63, 3.8) is 0 Å². The Kier molecular flexibility index (Phi) is 13.1. The fourth-order valence-electron chi connectivity index (χ4n) is 7.81. The van der Waals surface area contributed by atoms with Gasteiger partial charge in [0.25, 0.3) is 0 Å². The molecule has 0 saturated carbocycles. The average Bonchev–Trinajstić information content (AvgIpc) is 4.11. The van der Waals surface area contributed by atoms with E-state index in [-0.39, 0.29) is 73.5 Å². The number of nitrogens with zero attached hydrogens (tertiary/aromatic N) is 8. The summed E-state index contributed by atoms with van der Waals surface area (Å²) in [5.74, 6) is -0.173. The van der Waals surface area contributed by atoms with E-state index in [1.54, 1.807) is 16.7 Å². The van der Waals surface area contributed by atoms with Crippen LogP contribution in [0.25, 0.3) is 22.3 Å². The van der Waals surface area contributed by atoms with Crippen LogP contribution in [0.15, 0.2) is 61.7 Å². The van der Waals surface area contributed by atoms with E-state index in [2.05, 4.69) is 29.9 Å². The Morgan fingerprint density at radius 1 is 0.738 bits per heavy atom. The Morgan fingerprint density at radius 3 is 1.93 bits per heavy atom. The monoisotopic (exact) mass is 858 g/mol. The zero-order valence-corrected chi connectivity index (χ0v) is 33.5. The van der Waals surface area contributed by atoms with Crippen LogP contribution in [-0.4, -0.2) is 128 Å². The van der Waals surface area contributed by atoms with Gasteiger partial charge in [0.15, 0.2) is 35.4 Å². The molecule has 5 aliphatic heterocycles. The molecule has 3 fully saturated rings. The molecule has 4 aromatic heterocycles. The summed E-state index contributed by atoms with van der Waals surface area (Å²) >= 11 is 0. The first-order chi connectivity index (χ1) is 28.5. The van der Waals surface area contributed by atoms with E-state index < -0.39 is 69.6 Å². The number of aliphatic hydroxyl groups is 4. The number of fused-ring (bicyclic) bond motifs is 6. The van der Waals surface area contributed by atoms with Crippen LogP contribution in [0.4, 0.5) is 20.4 Å². The average molecular weight is 858 g/mol. The van der Waals surface area contributed by atoms with Gasteiger partial charge >= 0.3 is 43.4 Å². The minimum atomic E-state index is -2.27. The van der Waals surface area contributed by atoms with Gasteiger partial charge in [-0.1, -0.05) is 25.1 Å². The van der Waals surface area contributed by atoms with Crippen molar-refractivity contribution in [3.8, 4) is 0 Å². The number of aliphatic hydroxyl groups excluding tert-OH is 4. The van der Waals surface area contributed by atoms with E-state index in [1.807, 2.05) is 0 Å². The number of imidazole rings is 2. The molecule has 5 aliphatic rings. The molecule has 21 nitrogen and oxygen atoms in total. The number of hydrogen-bond acceptors (Lipinski definition) is 19. The number of nitrogens with two attached hydrogens (primary N) is 2. The summed E-state index contributed by atoms with van der Waals surface area (Å²) in [5, 5.41) is 47.7. The first kappa shape index (κ1) is 44.7. The molecular weight excluding hydrogens is 819 g/mol. The van der Waals surface area contributed by atoms with Crippen molar-refractivity contribution in [1.29, 1.82) is 0 Å². The molecule has 9 heterocycles. The zero-order chi connectivity index (χ0) is 41.2. The van der Waals surface area contributed by atoms with Gasteiger partial charge in [0.1, 0.15) is 59.7 Å². The van der Waals surface area contributed by atoms with Crippen molar-refractivity contribution < 1.29 is 91.9 Å². The standard InChI is InChI=1S/C17H16BFN5O5.C10H13N5O4.C7H6BFO2.CH4.Na/c19-9-1-2-10-8(3-9)5-26-18(10)28-13-11(4-25)27-17(14(13)29-18)24-7-23-12-15(20)21-6-22-16(12)24;11-8-5-9(13-2-12-8)15(3-14-5)10-7(18)6(17)4(1-16)19-10;9-6-1-2-7-5(3-6)4-11-8(7)10;;/h1-3,6-7,11,13-14,17,25H,4-5H2,(H2,20,21,22);2-4,6-7,10,16-18H,1H2,(H2,11,12,13);1-3,10H,4H2;1H4;/q-1;;;;+1/t11-,13+,14?,17-,18?;4-,6+,7?,10-;;;/m11.../s1. The van der Waals surface area contributed by atoms with E-state index in [0.717, 1.165) is 5.56 Å². The molecule has 0 aliphatic carbocycles. The maximum absolute atomic E-state index is 13.6. The number of benzene rings is 2. The van der Waals surface area contributed by atoms with Gasteiger partial charge in [-0.05, 0) is 35.3 Å². The molecule has 316 valence electrons. The van der Waals surface area contributed by atoms with Crippen LogP contribution in [0, 0.1) is 11.6 Å². The number of hydrogen-bond donors (Lipinski definition) is 7. The van der Waals surface area contributed by atoms with Crippen LogP contribution >= 0.6 is 0 Å². The van der Waals surface area contributed by atoms with Gasteiger partial charge in [-0.2, -0.15) is 0 Å². The second-order valence-electron chi connectivity index (χ2n) is 14.1. The molecule has 9 N–H and O–H groups in total. The van der Waals surface area contributed by atoms with Gasteiger partial charge in [0, 0.05) is 6.61 Å². The van der Waals surface area contributed by atoms with Crippen LogP contribution < -0.4 is 52.0 Å². The second kappa shape index (κ2) is 17.8. The molecule has 3 unspecified atom stereocenters. The van der Waals surface area contributed by atoms with Gasteiger partial charge < -0.3 is 65.0 Å². The normalized spacial score (nSPS) is 28.1. The third kappa shape index (κ3) is 7.88. The van der Waals surface area contributed by atoms with Crippen LogP contribution in [0.5, 0.6) is 0 Å². The van der Waals surface area contributed by atoms with Gasteiger partial charge in [-0.25, -0.2) is 38.7 Å². The fraction of sp³-hybridized carbons (Fsp3) is 0.371. The van der Waals surface area contributed by atoms with Gasteiger partial charge in [-0.15, -0.1) is 5.46 Å². The number of nitrogen functional groups attached to an aromatic ring is 2. The van der Waals surface area contributed by atoms with E-state index in [4.69, 9.17) is 49.7 Å². The molecule has 9 atom stereocenters. The zero-order valence-electron chi connectivity index (χ0n) is 31.5. The molecule has 6 aromatic rings. The summed E-state index contributed by atoms with van der Waals surface area (Å²) in [5.41, 5.74) is 16.0. The van der Waals surface area contributed by atoms with Crippen LogP contribution in [0.1, 0.15) is 31.0 Å². The van der Waals surface area contributed by atoms with E-state index in [9.17, 15) is 24.1 Å². The Hall–Kier alpha value is -4.31. The summed E-state index contributed by atoms with van der Waals surface area (Å²) in [6, 6.07) is 8.61. The number of rotatable bonds is 4. The van der Waals surface area contributed by atoms with E-state index in [1.165, 1.54) is 54.1 Å². The predicted octanol–water partition coefficient (Wildman–Crippen LogP) is -4.70. The van der Waals surface area contributed by atoms with Crippen LogP contribution in [-0.2, 0) is 41.3 Å². The van der Waals surface area contributed by atoms with E-state index in [0.29, 0.717) is 45.4 Å². The Bertz CT molecular complexity index is 2530. The smallest absolute Gasteiger partial charge is 0.537 e. The number of ether oxygens (including phenoxy) is 2. The number of aromatic nitrogens is 8. The Morgan fingerprint density at radius 2 is 1.31 bits per heavy atom. The van der Waals surface area contributed by atoms with Gasteiger partial charge in [-0.3, -0.25) is 9.13 Å². The molecule has 2 aromatic carbocycles. The molecule has 0 radical (unpaired) electrons.